The highest BCUT2D eigenvalue weighted by atomic mass is 16.6. The number of aliphatic hydroxyl groups is 1. The Morgan fingerprint density at radius 2 is 1.45 bits per heavy atom. The first-order chi connectivity index (χ1) is 26.6. The highest BCUT2D eigenvalue weighted by molar-refractivity contribution is 6.24. The van der Waals surface area contributed by atoms with Gasteiger partial charge in [-0.2, -0.15) is 0 Å². The van der Waals surface area contributed by atoms with E-state index in [0.29, 0.717) is 22.4 Å². The van der Waals surface area contributed by atoms with Crippen molar-refractivity contribution in [2.24, 2.45) is 11.8 Å². The molecule has 2 saturated heterocycles. The molecule has 4 aromatic rings. The van der Waals surface area contributed by atoms with E-state index in [1.54, 1.807) is 67.3 Å². The van der Waals surface area contributed by atoms with E-state index in [1.807, 2.05) is 60.7 Å². The Balaban J connectivity index is 1.50. The monoisotopic (exact) mass is 747 g/mol. The summed E-state index contributed by atoms with van der Waals surface area (Å²) in [5.74, 6) is -5.66. The summed E-state index contributed by atoms with van der Waals surface area (Å²) in [6.07, 6.45) is -0.926. The van der Waals surface area contributed by atoms with Gasteiger partial charge in [0.05, 0.1) is 31.5 Å². The number of para-hydroxylation sites is 1. The number of aliphatic hydroxyl groups excluding tert-OH is 1. The van der Waals surface area contributed by atoms with E-state index in [2.05, 4.69) is 5.32 Å². The van der Waals surface area contributed by atoms with Gasteiger partial charge in [0.15, 0.2) is 0 Å². The van der Waals surface area contributed by atoms with Gasteiger partial charge < -0.3 is 29.7 Å². The number of amides is 3. The molecule has 13 heteroatoms. The molecule has 0 bridgehead atoms. The normalized spacial score (nSPS) is 24.9. The van der Waals surface area contributed by atoms with Crippen LogP contribution in [-0.4, -0.2) is 77.4 Å². The van der Waals surface area contributed by atoms with Crippen LogP contribution < -0.4 is 15.0 Å². The molecule has 0 aromatic heterocycles. The molecule has 7 rings (SSSR count). The molecule has 13 nitrogen and oxygen atoms in total. The number of rotatable bonds is 10. The number of benzene rings is 4. The highest BCUT2D eigenvalue weighted by Crippen LogP contribution is 2.65. The molecule has 0 radical (unpaired) electrons. The lowest BCUT2D eigenvalue weighted by Gasteiger charge is -2.46. The maximum atomic E-state index is 15.6. The Morgan fingerprint density at radius 1 is 0.836 bits per heavy atom. The number of carboxylic acid groups (broad SMARTS) is 1. The number of aliphatic carboxylic acids is 1. The van der Waals surface area contributed by atoms with Crippen LogP contribution in [0.1, 0.15) is 54.3 Å². The third-order valence-corrected chi connectivity index (χ3v) is 10.8. The lowest BCUT2D eigenvalue weighted by atomic mass is 9.65. The molecule has 7 atom stereocenters. The lowest BCUT2D eigenvalue weighted by Crippen LogP contribution is -2.56. The minimum atomic E-state index is -2.09. The smallest absolute Gasteiger partial charge is 0.329 e. The maximum Gasteiger partial charge on any atom is 0.329 e. The van der Waals surface area contributed by atoms with Crippen LogP contribution in [0.25, 0.3) is 0 Å². The van der Waals surface area contributed by atoms with Crippen LogP contribution in [0, 0.1) is 11.8 Å². The molecule has 1 spiro atoms. The molecule has 3 aliphatic heterocycles. The second-order valence-corrected chi connectivity index (χ2v) is 14.1. The largest absolute Gasteiger partial charge is 0.491 e. The zero-order valence-electron chi connectivity index (χ0n) is 30.4. The van der Waals surface area contributed by atoms with Crippen LogP contribution >= 0.6 is 0 Å². The second-order valence-electron chi connectivity index (χ2n) is 14.1. The van der Waals surface area contributed by atoms with Gasteiger partial charge in [-0.25, -0.2) is 14.5 Å². The summed E-state index contributed by atoms with van der Waals surface area (Å²) >= 11 is 0. The number of anilines is 1. The number of ether oxygens (including phenoxy) is 3. The van der Waals surface area contributed by atoms with Gasteiger partial charge in [0, 0.05) is 0 Å². The predicted molar refractivity (Wildman–Crippen MR) is 198 cm³/mol. The van der Waals surface area contributed by atoms with E-state index < -0.39 is 77.4 Å². The summed E-state index contributed by atoms with van der Waals surface area (Å²) in [6, 6.07) is 25.9. The number of esters is 2. The summed E-state index contributed by atoms with van der Waals surface area (Å²) in [4.78, 5) is 73.9. The standard InChI is InChI=1S/C42H41N3O10/c1-24(2)32(38(49)53-3)43-41(52)44-30-17-11-10-16-29(30)42(40(44)51)31(37(47)48)34-39(50)55-35(26-14-8-5-9-15-26)33(25-12-6-4-7-13-25)45(34)36(42)27-18-20-28(21-19-27)54-23-22-46/h4-21,24,31-36,46H,22-23H2,1-3H3,(H,43,52)(H,47,48)/t31-,32-,33-,34-,35+,36+,42-/m0/s1. The number of hydrogen-bond donors (Lipinski definition) is 3. The van der Waals surface area contributed by atoms with Crippen molar-refractivity contribution in [3.8, 4) is 5.75 Å². The summed E-state index contributed by atoms with van der Waals surface area (Å²) in [5, 5.41) is 23.3. The minimum absolute atomic E-state index is 0.0293. The van der Waals surface area contributed by atoms with E-state index in [1.165, 1.54) is 7.11 Å². The Labute approximate surface area is 317 Å². The number of imide groups is 1. The molecule has 3 heterocycles. The molecule has 3 N–H and O–H groups in total. The average Bonchev–Trinajstić information content (AvgIpc) is 3.66. The maximum absolute atomic E-state index is 15.6. The zero-order valence-corrected chi connectivity index (χ0v) is 30.4. The number of methoxy groups -OCH3 is 1. The topological polar surface area (TPSA) is 172 Å². The van der Waals surface area contributed by atoms with Gasteiger partial charge in [0.1, 0.15) is 41.9 Å². The SMILES string of the molecule is COC(=O)[C@@H](NC(=O)N1C(=O)[C@@]2(c3ccccc31)[C@H](C(=O)O)[C@H]1C(=O)O[C@H](c3ccccc3)[C@H](c3ccccc3)N1[C@@H]2c1ccc(OCCO)cc1)C(C)C. The van der Waals surface area contributed by atoms with E-state index >= 15 is 4.79 Å². The summed E-state index contributed by atoms with van der Waals surface area (Å²) < 4.78 is 16.9. The number of carbonyl (C=O) groups excluding carboxylic acids is 4. The van der Waals surface area contributed by atoms with Gasteiger partial charge in [0.25, 0.3) is 0 Å². The Bertz CT molecular complexity index is 2090. The molecule has 3 aliphatic rings. The minimum Gasteiger partial charge on any atom is -0.491 e. The number of nitrogens with one attached hydrogen (secondary N) is 1. The van der Waals surface area contributed by atoms with Crippen LogP contribution in [0.15, 0.2) is 109 Å². The molecular formula is C42H41N3O10. The third kappa shape index (κ3) is 6.09. The first kappa shape index (κ1) is 37.3. The summed E-state index contributed by atoms with van der Waals surface area (Å²) in [5.41, 5.74) is 0.0674. The van der Waals surface area contributed by atoms with Gasteiger partial charge in [0.2, 0.25) is 5.91 Å². The quantitative estimate of drug-likeness (QED) is 0.192. The van der Waals surface area contributed by atoms with Gasteiger partial charge in [-0.1, -0.05) is 105 Å². The van der Waals surface area contributed by atoms with Crippen molar-refractivity contribution in [3.63, 3.8) is 0 Å². The number of carboxylic acids is 1. The van der Waals surface area contributed by atoms with Crippen LogP contribution in [0.4, 0.5) is 10.5 Å². The molecule has 0 unspecified atom stereocenters. The van der Waals surface area contributed by atoms with E-state index in [4.69, 9.17) is 14.2 Å². The number of nitrogens with zero attached hydrogens (tertiary/aromatic N) is 2. The summed E-state index contributed by atoms with van der Waals surface area (Å²) in [7, 11) is 1.19. The molecule has 0 aliphatic carbocycles. The molecule has 284 valence electrons. The molecule has 4 aromatic carbocycles. The van der Waals surface area contributed by atoms with Crippen LogP contribution in [-0.2, 0) is 34.1 Å². The lowest BCUT2D eigenvalue weighted by molar-refractivity contribution is -0.179. The number of urea groups is 1. The van der Waals surface area contributed by atoms with Crippen molar-refractivity contribution in [2.45, 2.75) is 49.5 Å². The molecular weight excluding hydrogens is 706 g/mol. The third-order valence-electron chi connectivity index (χ3n) is 10.8. The average molecular weight is 748 g/mol. The Hall–Kier alpha value is -6.05. The zero-order chi connectivity index (χ0) is 39.0. The number of fused-ring (bicyclic) bond motifs is 3. The van der Waals surface area contributed by atoms with Crippen molar-refractivity contribution < 1.29 is 48.4 Å². The van der Waals surface area contributed by atoms with Crippen LogP contribution in [0.5, 0.6) is 5.75 Å². The van der Waals surface area contributed by atoms with Crippen molar-refractivity contribution in [1.82, 2.24) is 10.2 Å². The van der Waals surface area contributed by atoms with E-state index in [-0.39, 0.29) is 24.5 Å². The van der Waals surface area contributed by atoms with Gasteiger partial charge in [-0.05, 0) is 46.4 Å². The Kier molecular flexibility index (Phi) is 10.2. The van der Waals surface area contributed by atoms with Gasteiger partial charge >= 0.3 is 23.9 Å². The number of hydrogen-bond acceptors (Lipinski definition) is 10. The van der Waals surface area contributed by atoms with Gasteiger partial charge in [-0.15, -0.1) is 0 Å². The Morgan fingerprint density at radius 3 is 2.05 bits per heavy atom. The summed E-state index contributed by atoms with van der Waals surface area (Å²) in [6.45, 7) is 3.23. The van der Waals surface area contributed by atoms with Crippen molar-refractivity contribution in [1.29, 1.82) is 0 Å². The highest BCUT2D eigenvalue weighted by Gasteiger charge is 2.76. The number of morpholine rings is 1. The van der Waals surface area contributed by atoms with E-state index in [9.17, 15) is 29.4 Å². The fraction of sp³-hybridized carbons (Fsp3) is 0.310. The molecule has 55 heavy (non-hydrogen) atoms. The predicted octanol–water partition coefficient (Wildman–Crippen LogP) is 4.72. The molecule has 3 amide bonds. The first-order valence-corrected chi connectivity index (χ1v) is 18.0. The molecule has 0 saturated carbocycles. The fourth-order valence-corrected chi connectivity index (χ4v) is 8.58. The molecule has 2 fully saturated rings. The van der Waals surface area contributed by atoms with Gasteiger partial charge in [-0.3, -0.25) is 19.3 Å². The van der Waals surface area contributed by atoms with Crippen molar-refractivity contribution in [3.05, 3.63) is 131 Å². The fourth-order valence-electron chi connectivity index (χ4n) is 8.58. The number of carbonyl (C=O) groups is 5. The van der Waals surface area contributed by atoms with E-state index in [0.717, 1.165) is 4.90 Å². The number of cyclic esters (lactones) is 1. The first-order valence-electron chi connectivity index (χ1n) is 18.0. The van der Waals surface area contributed by atoms with Crippen molar-refractivity contribution >= 4 is 35.5 Å². The second kappa shape index (κ2) is 15.0. The van der Waals surface area contributed by atoms with Crippen LogP contribution in [0.2, 0.25) is 0 Å². The van der Waals surface area contributed by atoms with Crippen LogP contribution in [0.3, 0.4) is 0 Å². The van der Waals surface area contributed by atoms with Crippen molar-refractivity contribution in [2.75, 3.05) is 25.2 Å².